The van der Waals surface area contributed by atoms with Crippen LogP contribution in [0.2, 0.25) is 5.02 Å². The number of esters is 1. The Bertz CT molecular complexity index is 488. The fourth-order valence-electron chi connectivity index (χ4n) is 1.78. The summed E-state index contributed by atoms with van der Waals surface area (Å²) in [7, 11) is 0. The lowest BCUT2D eigenvalue weighted by atomic mass is 9.86. The molecule has 0 fully saturated rings. The van der Waals surface area contributed by atoms with Gasteiger partial charge in [-0.15, -0.1) is 0 Å². The first-order valence-corrected chi connectivity index (χ1v) is 6.24. The molecule has 20 heavy (non-hydrogen) atoms. The summed E-state index contributed by atoms with van der Waals surface area (Å²) in [5.74, 6) is -5.91. The largest absolute Gasteiger partial charge is 0.466 e. The molecule has 0 bridgehead atoms. The van der Waals surface area contributed by atoms with Crippen LogP contribution in [0.5, 0.6) is 0 Å². The molecule has 0 heterocycles. The van der Waals surface area contributed by atoms with E-state index in [-0.39, 0.29) is 17.2 Å². The Morgan fingerprint density at radius 2 is 2.00 bits per heavy atom. The van der Waals surface area contributed by atoms with Crippen molar-refractivity contribution >= 4 is 17.6 Å². The van der Waals surface area contributed by atoms with Gasteiger partial charge in [0.1, 0.15) is 5.82 Å². The Morgan fingerprint density at radius 3 is 2.45 bits per heavy atom. The summed E-state index contributed by atoms with van der Waals surface area (Å²) in [5.41, 5.74) is -0.377. The summed E-state index contributed by atoms with van der Waals surface area (Å²) < 4.78 is 56.9. The van der Waals surface area contributed by atoms with Gasteiger partial charge in [0, 0.05) is 10.6 Å². The second-order valence-electron chi connectivity index (χ2n) is 4.23. The maximum atomic E-state index is 13.8. The molecule has 1 aromatic carbocycles. The van der Waals surface area contributed by atoms with Gasteiger partial charge in [-0.1, -0.05) is 24.6 Å². The molecule has 7 heteroatoms. The predicted octanol–water partition coefficient (Wildman–Crippen LogP) is 4.32. The maximum Gasteiger partial charge on any atom is 0.392 e. The molecule has 0 spiro atoms. The molecule has 1 rings (SSSR count). The second kappa shape index (κ2) is 6.43. The van der Waals surface area contributed by atoms with Crippen molar-refractivity contribution in [2.75, 3.05) is 6.61 Å². The van der Waals surface area contributed by atoms with E-state index in [1.807, 2.05) is 0 Å². The number of benzene rings is 1. The Morgan fingerprint density at radius 1 is 1.40 bits per heavy atom. The minimum Gasteiger partial charge on any atom is -0.466 e. The van der Waals surface area contributed by atoms with Gasteiger partial charge < -0.3 is 4.74 Å². The molecule has 2 unspecified atom stereocenters. The summed E-state index contributed by atoms with van der Waals surface area (Å²) in [6.45, 7) is 2.19. The molecule has 1 aromatic rings. The van der Waals surface area contributed by atoms with E-state index in [1.54, 1.807) is 0 Å². The van der Waals surface area contributed by atoms with Gasteiger partial charge in [-0.3, -0.25) is 4.79 Å². The first kappa shape index (κ1) is 16.8. The fraction of sp³-hybridized carbons (Fsp3) is 0.462. The zero-order valence-electron chi connectivity index (χ0n) is 10.8. The summed E-state index contributed by atoms with van der Waals surface area (Å²) in [6.07, 6.45) is -4.65. The first-order chi connectivity index (χ1) is 9.18. The molecule has 0 aliphatic carbocycles. The van der Waals surface area contributed by atoms with Gasteiger partial charge in [0.25, 0.3) is 0 Å². The molecule has 0 saturated carbocycles. The van der Waals surface area contributed by atoms with Crippen molar-refractivity contribution in [1.82, 2.24) is 0 Å². The molecule has 112 valence electrons. The van der Waals surface area contributed by atoms with Crippen LogP contribution in [-0.4, -0.2) is 18.8 Å². The number of halogens is 5. The molecule has 0 N–H and O–H groups in total. The lowest BCUT2D eigenvalue weighted by molar-refractivity contribution is -0.185. The molecule has 0 saturated heterocycles. The van der Waals surface area contributed by atoms with E-state index in [2.05, 4.69) is 4.74 Å². The van der Waals surface area contributed by atoms with Crippen LogP contribution in [0.15, 0.2) is 18.2 Å². The van der Waals surface area contributed by atoms with Crippen molar-refractivity contribution in [2.45, 2.75) is 25.9 Å². The predicted molar refractivity (Wildman–Crippen MR) is 66.0 cm³/mol. The molecule has 0 aliphatic heterocycles. The molecule has 2 nitrogen and oxygen atoms in total. The highest BCUT2D eigenvalue weighted by Gasteiger charge is 2.46. The summed E-state index contributed by atoms with van der Waals surface area (Å²) in [4.78, 5) is 11.7. The van der Waals surface area contributed by atoms with Gasteiger partial charge in [-0.05, 0) is 19.1 Å². The first-order valence-electron chi connectivity index (χ1n) is 5.86. The monoisotopic (exact) mass is 312 g/mol. The van der Waals surface area contributed by atoms with Gasteiger partial charge in [0.05, 0.1) is 18.4 Å². The Labute approximate surface area is 118 Å². The van der Waals surface area contributed by atoms with E-state index >= 15 is 0 Å². The number of alkyl halides is 3. The fourth-order valence-corrected chi connectivity index (χ4v) is 1.93. The normalized spacial score (nSPS) is 14.8. The SMILES string of the molecule is CCOC(=O)C(c1ccc(Cl)cc1F)C(C)C(F)(F)F. The average molecular weight is 313 g/mol. The van der Waals surface area contributed by atoms with Crippen LogP contribution in [0.4, 0.5) is 17.6 Å². The summed E-state index contributed by atoms with van der Waals surface area (Å²) >= 11 is 5.55. The van der Waals surface area contributed by atoms with Crippen molar-refractivity contribution in [2.24, 2.45) is 5.92 Å². The van der Waals surface area contributed by atoms with Crippen molar-refractivity contribution in [3.8, 4) is 0 Å². The molecule has 0 radical (unpaired) electrons. The zero-order chi connectivity index (χ0) is 15.5. The van der Waals surface area contributed by atoms with E-state index in [0.717, 1.165) is 19.1 Å². The van der Waals surface area contributed by atoms with E-state index < -0.39 is 29.8 Å². The lowest BCUT2D eigenvalue weighted by Gasteiger charge is -2.25. The molecular weight excluding hydrogens is 300 g/mol. The Hall–Kier alpha value is -1.30. The molecule has 2 atom stereocenters. The minimum atomic E-state index is -4.65. The topological polar surface area (TPSA) is 26.3 Å². The third-order valence-electron chi connectivity index (χ3n) is 2.85. The van der Waals surface area contributed by atoms with Gasteiger partial charge in [0.15, 0.2) is 0 Å². The molecule has 0 aromatic heterocycles. The smallest absolute Gasteiger partial charge is 0.392 e. The van der Waals surface area contributed by atoms with Crippen molar-refractivity contribution < 1.29 is 27.1 Å². The van der Waals surface area contributed by atoms with Crippen molar-refractivity contribution in [1.29, 1.82) is 0 Å². The third kappa shape index (κ3) is 3.85. The Balaban J connectivity index is 3.26. The van der Waals surface area contributed by atoms with E-state index in [1.165, 1.54) is 13.0 Å². The minimum absolute atomic E-state index is 0.0357. The number of hydrogen-bond acceptors (Lipinski definition) is 2. The van der Waals surface area contributed by atoms with Crippen LogP contribution in [0, 0.1) is 11.7 Å². The number of carbonyl (C=O) groups excluding carboxylic acids is 1. The average Bonchev–Trinajstić information content (AvgIpc) is 2.31. The highest BCUT2D eigenvalue weighted by Crippen LogP contribution is 2.39. The Kier molecular flexibility index (Phi) is 5.39. The third-order valence-corrected chi connectivity index (χ3v) is 3.09. The van der Waals surface area contributed by atoms with Crippen LogP contribution >= 0.6 is 11.6 Å². The maximum absolute atomic E-state index is 13.8. The van der Waals surface area contributed by atoms with Crippen molar-refractivity contribution in [3.63, 3.8) is 0 Å². The summed E-state index contributed by atoms with van der Waals surface area (Å²) in [6, 6.07) is 3.17. The van der Waals surface area contributed by atoms with Crippen LogP contribution < -0.4 is 0 Å². The van der Waals surface area contributed by atoms with Crippen LogP contribution in [0.25, 0.3) is 0 Å². The number of hydrogen-bond donors (Lipinski definition) is 0. The standard InChI is InChI=1S/C13H13ClF4O2/c1-3-20-12(19)11(7(2)13(16,17)18)9-5-4-8(14)6-10(9)15/h4-7,11H,3H2,1-2H3. The number of ether oxygens (including phenoxy) is 1. The van der Waals surface area contributed by atoms with Crippen LogP contribution in [0.1, 0.15) is 25.3 Å². The van der Waals surface area contributed by atoms with Crippen LogP contribution in [-0.2, 0) is 9.53 Å². The van der Waals surface area contributed by atoms with Crippen molar-refractivity contribution in [3.05, 3.63) is 34.6 Å². The summed E-state index contributed by atoms with van der Waals surface area (Å²) in [5, 5.41) is 0.0357. The van der Waals surface area contributed by atoms with Gasteiger partial charge >= 0.3 is 12.1 Å². The zero-order valence-corrected chi connectivity index (χ0v) is 11.6. The highest BCUT2D eigenvalue weighted by molar-refractivity contribution is 6.30. The molecule has 0 amide bonds. The van der Waals surface area contributed by atoms with Crippen LogP contribution in [0.3, 0.4) is 0 Å². The van der Waals surface area contributed by atoms with Gasteiger partial charge in [-0.2, -0.15) is 13.2 Å². The number of carbonyl (C=O) groups is 1. The van der Waals surface area contributed by atoms with E-state index in [9.17, 15) is 22.4 Å². The number of rotatable bonds is 4. The molecular formula is C13H13ClF4O2. The highest BCUT2D eigenvalue weighted by atomic mass is 35.5. The quantitative estimate of drug-likeness (QED) is 0.611. The van der Waals surface area contributed by atoms with E-state index in [0.29, 0.717) is 0 Å². The lowest BCUT2D eigenvalue weighted by Crippen LogP contribution is -2.33. The van der Waals surface area contributed by atoms with Gasteiger partial charge in [-0.25, -0.2) is 4.39 Å². The molecule has 0 aliphatic rings. The van der Waals surface area contributed by atoms with E-state index in [4.69, 9.17) is 11.6 Å². The van der Waals surface area contributed by atoms with Gasteiger partial charge in [0.2, 0.25) is 0 Å². The second-order valence-corrected chi connectivity index (χ2v) is 4.66.